The number of carboxylic acids is 1. The molecule has 0 aliphatic rings. The zero-order chi connectivity index (χ0) is 16.7. The number of hydrogen-bond donors (Lipinski definition) is 2. The smallest absolute Gasteiger partial charge is 0.321 e. The number of aliphatic carboxylic acids is 1. The van der Waals surface area contributed by atoms with Gasteiger partial charge in [0, 0.05) is 19.3 Å². The average molecular weight is 344 g/mol. The van der Waals surface area contributed by atoms with Crippen molar-refractivity contribution in [2.75, 3.05) is 25.1 Å². The fraction of sp³-hybridized carbons (Fsp3) is 0.909. The highest BCUT2D eigenvalue weighted by Crippen LogP contribution is 2.06. The quantitative estimate of drug-likeness (QED) is 0.537. The average Bonchev–Trinajstić information content (AvgIpc) is 2.32. The molecule has 0 aromatic rings. The summed E-state index contributed by atoms with van der Waals surface area (Å²) in [5, 5.41) is 9.03. The summed E-state index contributed by atoms with van der Waals surface area (Å²) in [5.74, 6) is -1.79. The lowest BCUT2D eigenvalue weighted by atomic mass is 10.2. The van der Waals surface area contributed by atoms with Crippen LogP contribution in [0.3, 0.4) is 0 Å². The lowest BCUT2D eigenvalue weighted by molar-refractivity contribution is -0.139. The molecule has 0 amide bonds. The lowest BCUT2D eigenvalue weighted by Gasteiger charge is -2.23. The van der Waals surface area contributed by atoms with Crippen LogP contribution in [0.5, 0.6) is 0 Å². The standard InChI is InChI=1S/C11H24N2O6S2/c1-4-7-13(8-5-2)21(18,19)12-10(11(14)15)6-9-20(3,16)17/h10,12H,4-9H2,1-3H3,(H,14,15). The third-order valence-electron chi connectivity index (χ3n) is 2.65. The van der Waals surface area contributed by atoms with Gasteiger partial charge in [-0.05, 0) is 19.3 Å². The highest BCUT2D eigenvalue weighted by molar-refractivity contribution is 7.90. The van der Waals surface area contributed by atoms with Crippen LogP contribution >= 0.6 is 0 Å². The minimum atomic E-state index is -3.95. The summed E-state index contributed by atoms with van der Waals surface area (Å²) in [6.07, 6.45) is 1.87. The van der Waals surface area contributed by atoms with E-state index in [1.807, 2.05) is 13.8 Å². The van der Waals surface area contributed by atoms with Crippen LogP contribution < -0.4 is 4.72 Å². The molecule has 1 atom stereocenters. The topological polar surface area (TPSA) is 121 Å². The number of carboxylic acid groups (broad SMARTS) is 1. The van der Waals surface area contributed by atoms with E-state index in [0.717, 1.165) is 6.26 Å². The van der Waals surface area contributed by atoms with Crippen molar-refractivity contribution in [3.8, 4) is 0 Å². The Balaban J connectivity index is 5.00. The number of rotatable bonds is 11. The van der Waals surface area contributed by atoms with E-state index in [0.29, 0.717) is 12.8 Å². The predicted octanol–water partition coefficient (Wildman–Crippen LogP) is -0.169. The summed E-state index contributed by atoms with van der Waals surface area (Å²) in [7, 11) is -7.31. The Morgan fingerprint density at radius 1 is 1.14 bits per heavy atom. The second-order valence-electron chi connectivity index (χ2n) is 4.83. The van der Waals surface area contributed by atoms with E-state index in [4.69, 9.17) is 5.11 Å². The minimum absolute atomic E-state index is 0.279. The van der Waals surface area contributed by atoms with Gasteiger partial charge in [0.15, 0.2) is 0 Å². The molecular weight excluding hydrogens is 320 g/mol. The van der Waals surface area contributed by atoms with E-state index in [2.05, 4.69) is 4.72 Å². The van der Waals surface area contributed by atoms with Crippen LogP contribution in [0.2, 0.25) is 0 Å². The second-order valence-corrected chi connectivity index (χ2v) is 8.79. The van der Waals surface area contributed by atoms with Gasteiger partial charge in [-0.15, -0.1) is 0 Å². The Labute approximate surface area is 126 Å². The molecule has 10 heteroatoms. The molecule has 2 N–H and O–H groups in total. The molecule has 0 fully saturated rings. The van der Waals surface area contributed by atoms with Crippen LogP contribution in [0.25, 0.3) is 0 Å². The number of carbonyl (C=O) groups is 1. The molecule has 0 bridgehead atoms. The molecule has 0 radical (unpaired) electrons. The van der Waals surface area contributed by atoms with E-state index in [9.17, 15) is 21.6 Å². The fourth-order valence-corrected chi connectivity index (χ4v) is 3.91. The van der Waals surface area contributed by atoms with Crippen LogP contribution in [0, 0.1) is 0 Å². The molecular formula is C11H24N2O6S2. The number of sulfone groups is 1. The van der Waals surface area contributed by atoms with E-state index < -0.39 is 37.8 Å². The molecule has 1 unspecified atom stereocenters. The number of hydrogen-bond acceptors (Lipinski definition) is 5. The Kier molecular flexibility index (Phi) is 8.37. The van der Waals surface area contributed by atoms with E-state index in [1.54, 1.807) is 0 Å². The third-order valence-corrected chi connectivity index (χ3v) is 5.26. The van der Waals surface area contributed by atoms with Gasteiger partial charge in [-0.1, -0.05) is 13.8 Å². The molecule has 0 aliphatic carbocycles. The van der Waals surface area contributed by atoms with Gasteiger partial charge in [0.2, 0.25) is 0 Å². The Hall–Kier alpha value is -0.710. The van der Waals surface area contributed by atoms with Gasteiger partial charge in [0.25, 0.3) is 10.2 Å². The highest BCUT2D eigenvalue weighted by atomic mass is 32.2. The first-order chi connectivity index (χ1) is 9.53. The Bertz CT molecular complexity index is 523. The van der Waals surface area contributed by atoms with Gasteiger partial charge < -0.3 is 5.11 Å². The molecule has 8 nitrogen and oxygen atoms in total. The summed E-state index contributed by atoms with van der Waals surface area (Å²) in [4.78, 5) is 11.1. The van der Waals surface area contributed by atoms with E-state index in [1.165, 1.54) is 4.31 Å². The number of nitrogens with one attached hydrogen (secondary N) is 1. The van der Waals surface area contributed by atoms with Crippen molar-refractivity contribution in [2.24, 2.45) is 0 Å². The first-order valence-corrected chi connectivity index (χ1v) is 10.2. The van der Waals surface area contributed by atoms with Gasteiger partial charge in [-0.3, -0.25) is 4.79 Å². The van der Waals surface area contributed by atoms with Gasteiger partial charge in [-0.25, -0.2) is 8.42 Å². The van der Waals surface area contributed by atoms with Crippen molar-refractivity contribution in [1.29, 1.82) is 0 Å². The van der Waals surface area contributed by atoms with Crippen LogP contribution in [0.4, 0.5) is 0 Å². The number of nitrogens with zero attached hydrogens (tertiary/aromatic N) is 1. The molecule has 0 saturated carbocycles. The largest absolute Gasteiger partial charge is 0.480 e. The maximum Gasteiger partial charge on any atom is 0.321 e. The Morgan fingerprint density at radius 2 is 1.62 bits per heavy atom. The molecule has 0 spiro atoms. The van der Waals surface area contributed by atoms with Crippen molar-refractivity contribution in [1.82, 2.24) is 9.03 Å². The maximum absolute atomic E-state index is 12.2. The molecule has 0 rings (SSSR count). The minimum Gasteiger partial charge on any atom is -0.480 e. The van der Waals surface area contributed by atoms with Crippen LogP contribution in [0.1, 0.15) is 33.1 Å². The monoisotopic (exact) mass is 344 g/mol. The molecule has 126 valence electrons. The molecule has 0 aliphatic heterocycles. The van der Waals surface area contributed by atoms with Gasteiger partial charge in [0.05, 0.1) is 5.75 Å². The van der Waals surface area contributed by atoms with Crippen LogP contribution in [-0.4, -0.2) is 63.4 Å². The molecule has 0 aromatic heterocycles. The van der Waals surface area contributed by atoms with Crippen molar-refractivity contribution in [3.05, 3.63) is 0 Å². The fourth-order valence-electron chi connectivity index (χ4n) is 1.67. The summed E-state index contributed by atoms with van der Waals surface area (Å²) in [6, 6.07) is -1.46. The zero-order valence-corrected chi connectivity index (χ0v) is 14.2. The van der Waals surface area contributed by atoms with Crippen molar-refractivity contribution in [3.63, 3.8) is 0 Å². The molecule has 21 heavy (non-hydrogen) atoms. The van der Waals surface area contributed by atoms with Gasteiger partial charge >= 0.3 is 5.97 Å². The SMILES string of the molecule is CCCN(CCC)S(=O)(=O)NC(CCS(C)(=O)=O)C(=O)O. The highest BCUT2D eigenvalue weighted by Gasteiger charge is 2.28. The normalized spacial score (nSPS) is 14.3. The molecule has 0 saturated heterocycles. The Morgan fingerprint density at radius 3 is 1.95 bits per heavy atom. The van der Waals surface area contributed by atoms with E-state index >= 15 is 0 Å². The maximum atomic E-state index is 12.2. The second kappa shape index (κ2) is 8.66. The third kappa shape index (κ3) is 8.34. The summed E-state index contributed by atoms with van der Waals surface area (Å²) in [6.45, 7) is 4.19. The van der Waals surface area contributed by atoms with E-state index in [-0.39, 0.29) is 19.5 Å². The first-order valence-electron chi connectivity index (χ1n) is 6.71. The first kappa shape index (κ1) is 20.3. The predicted molar refractivity (Wildman–Crippen MR) is 80.0 cm³/mol. The van der Waals surface area contributed by atoms with Gasteiger partial charge in [-0.2, -0.15) is 17.4 Å². The van der Waals surface area contributed by atoms with Crippen LogP contribution in [0.15, 0.2) is 0 Å². The van der Waals surface area contributed by atoms with Crippen molar-refractivity contribution < 1.29 is 26.7 Å². The van der Waals surface area contributed by atoms with Gasteiger partial charge in [0.1, 0.15) is 15.9 Å². The van der Waals surface area contributed by atoms with Crippen molar-refractivity contribution >= 4 is 26.0 Å². The zero-order valence-electron chi connectivity index (χ0n) is 12.6. The summed E-state index contributed by atoms with van der Waals surface area (Å²) < 4.78 is 49.7. The molecule has 0 aromatic carbocycles. The van der Waals surface area contributed by atoms with Crippen LogP contribution in [-0.2, 0) is 24.8 Å². The summed E-state index contributed by atoms with van der Waals surface area (Å²) >= 11 is 0. The molecule has 0 heterocycles. The lowest BCUT2D eigenvalue weighted by Crippen LogP contribution is -2.49. The summed E-state index contributed by atoms with van der Waals surface area (Å²) in [5.41, 5.74) is 0. The van der Waals surface area contributed by atoms with Crippen molar-refractivity contribution in [2.45, 2.75) is 39.2 Å².